The van der Waals surface area contributed by atoms with Crippen molar-refractivity contribution in [2.75, 3.05) is 11.9 Å². The molecule has 3 heterocycles. The van der Waals surface area contributed by atoms with Crippen LogP contribution < -0.4 is 10.6 Å². The minimum absolute atomic E-state index is 0.388. The molecule has 1 aromatic heterocycles. The quantitative estimate of drug-likeness (QED) is 0.458. The number of hydrogen-bond donors (Lipinski definition) is 2. The summed E-state index contributed by atoms with van der Waals surface area (Å²) in [5, 5.41) is 5.64. The molecule has 0 aliphatic carbocycles. The van der Waals surface area contributed by atoms with Crippen LogP contribution in [0.25, 0.3) is 16.7 Å². The van der Waals surface area contributed by atoms with Crippen molar-refractivity contribution < 1.29 is 14.0 Å². The lowest BCUT2D eigenvalue weighted by Gasteiger charge is -2.21. The fourth-order valence-electron chi connectivity index (χ4n) is 4.40. The van der Waals surface area contributed by atoms with Crippen molar-refractivity contribution >= 4 is 23.1 Å². The maximum Gasteiger partial charge on any atom is 0.260 e. The second-order valence-corrected chi connectivity index (χ2v) is 8.42. The van der Waals surface area contributed by atoms with Gasteiger partial charge in [-0.3, -0.25) is 19.8 Å². The van der Waals surface area contributed by atoms with Gasteiger partial charge in [0.25, 0.3) is 11.8 Å². The van der Waals surface area contributed by atoms with Gasteiger partial charge in [0.05, 0.1) is 18.1 Å². The molecule has 0 spiro atoms. The number of carbonyl (C=O) groups excluding carboxylic acids is 2. The van der Waals surface area contributed by atoms with E-state index in [-0.39, 0.29) is 5.91 Å². The molecule has 2 aromatic carbocycles. The Kier molecular flexibility index (Phi) is 5.37. The van der Waals surface area contributed by atoms with Gasteiger partial charge in [0.15, 0.2) is 0 Å². The molecule has 5 rings (SSSR count). The van der Waals surface area contributed by atoms with E-state index in [4.69, 9.17) is 4.42 Å². The van der Waals surface area contributed by atoms with E-state index in [1.807, 2.05) is 30.3 Å². The van der Waals surface area contributed by atoms with Crippen LogP contribution in [0, 0.1) is 0 Å². The van der Waals surface area contributed by atoms with Gasteiger partial charge < -0.3 is 9.73 Å². The Labute approximate surface area is 186 Å². The molecule has 2 amide bonds. The molecular weight excluding hydrogens is 402 g/mol. The molecule has 0 saturated carbocycles. The number of amides is 2. The highest BCUT2D eigenvalue weighted by Crippen LogP contribution is 2.30. The standard InChI is InChI=1S/C26H25N3O3/c1-17-3-2-11-29(17)15-18-4-7-21(8-5-18)27-14-24-23-13-19(20-10-12-32-16-20)6-9-22(23)25(30)28-26(24)31/h4-10,12-14,16-17,27H,2-3,11,15H2,1H3,(H,28,30,31)/b24-14-. The Morgan fingerprint density at radius 3 is 2.62 bits per heavy atom. The Hall–Kier alpha value is -3.64. The number of carbonyl (C=O) groups is 2. The number of furan rings is 1. The number of fused-ring (bicyclic) bond motifs is 1. The minimum atomic E-state index is -0.418. The van der Waals surface area contributed by atoms with Gasteiger partial charge in [-0.05, 0) is 67.8 Å². The van der Waals surface area contributed by atoms with Crippen LogP contribution in [0.4, 0.5) is 5.69 Å². The molecular formula is C26H25N3O3. The van der Waals surface area contributed by atoms with E-state index in [1.165, 1.54) is 18.4 Å². The predicted octanol–water partition coefficient (Wildman–Crippen LogP) is 4.65. The molecule has 1 saturated heterocycles. The van der Waals surface area contributed by atoms with Crippen molar-refractivity contribution in [1.29, 1.82) is 0 Å². The SMILES string of the molecule is CC1CCCN1Cc1ccc(N/C=C2\C(=O)NC(=O)c3ccc(-c4ccoc4)cc32)cc1. The maximum absolute atomic E-state index is 12.6. The lowest BCUT2D eigenvalue weighted by Crippen LogP contribution is -2.36. The highest BCUT2D eigenvalue weighted by molar-refractivity contribution is 6.31. The molecule has 2 aliphatic heterocycles. The van der Waals surface area contributed by atoms with Crippen LogP contribution in [0.15, 0.2) is 71.7 Å². The van der Waals surface area contributed by atoms with Gasteiger partial charge >= 0.3 is 0 Å². The van der Waals surface area contributed by atoms with Crippen LogP contribution >= 0.6 is 0 Å². The average molecular weight is 428 g/mol. The van der Waals surface area contributed by atoms with Crippen LogP contribution in [0.3, 0.4) is 0 Å². The van der Waals surface area contributed by atoms with Gasteiger partial charge in [-0.25, -0.2) is 0 Å². The van der Waals surface area contributed by atoms with E-state index in [0.717, 1.165) is 29.9 Å². The number of imide groups is 1. The summed E-state index contributed by atoms with van der Waals surface area (Å²) in [6.07, 6.45) is 7.43. The monoisotopic (exact) mass is 427 g/mol. The van der Waals surface area contributed by atoms with Crippen molar-refractivity contribution in [2.45, 2.75) is 32.4 Å². The zero-order valence-electron chi connectivity index (χ0n) is 17.9. The summed E-state index contributed by atoms with van der Waals surface area (Å²) in [6.45, 7) is 4.39. The summed E-state index contributed by atoms with van der Waals surface area (Å²) in [6, 6.07) is 16.2. The fourth-order valence-corrected chi connectivity index (χ4v) is 4.40. The molecule has 0 bridgehead atoms. The first-order valence-electron chi connectivity index (χ1n) is 10.9. The van der Waals surface area contributed by atoms with Crippen LogP contribution in [0.1, 0.15) is 41.3 Å². The number of anilines is 1. The smallest absolute Gasteiger partial charge is 0.260 e. The third-order valence-corrected chi connectivity index (χ3v) is 6.29. The van der Waals surface area contributed by atoms with E-state index < -0.39 is 5.91 Å². The number of nitrogens with one attached hydrogen (secondary N) is 2. The van der Waals surface area contributed by atoms with Gasteiger partial charge in [0.2, 0.25) is 0 Å². The summed E-state index contributed by atoms with van der Waals surface area (Å²) in [4.78, 5) is 27.4. The Morgan fingerprint density at radius 2 is 1.91 bits per heavy atom. The van der Waals surface area contributed by atoms with Crippen molar-refractivity contribution in [3.8, 4) is 11.1 Å². The summed E-state index contributed by atoms with van der Waals surface area (Å²) >= 11 is 0. The normalized spacial score (nSPS) is 19.8. The van der Waals surface area contributed by atoms with Crippen LogP contribution in [-0.2, 0) is 11.3 Å². The molecule has 6 heteroatoms. The number of likely N-dealkylation sites (tertiary alicyclic amines) is 1. The second kappa shape index (κ2) is 8.48. The van der Waals surface area contributed by atoms with Crippen molar-refractivity contribution in [1.82, 2.24) is 10.2 Å². The van der Waals surface area contributed by atoms with Gasteiger partial charge in [0.1, 0.15) is 0 Å². The van der Waals surface area contributed by atoms with E-state index >= 15 is 0 Å². The largest absolute Gasteiger partial charge is 0.472 e. The van der Waals surface area contributed by atoms with Crippen LogP contribution in [0.2, 0.25) is 0 Å². The summed E-state index contributed by atoms with van der Waals surface area (Å²) in [5.74, 6) is -0.805. The summed E-state index contributed by atoms with van der Waals surface area (Å²) in [7, 11) is 0. The number of hydrogen-bond acceptors (Lipinski definition) is 5. The molecule has 32 heavy (non-hydrogen) atoms. The van der Waals surface area contributed by atoms with E-state index in [9.17, 15) is 9.59 Å². The lowest BCUT2D eigenvalue weighted by molar-refractivity contribution is -0.114. The Balaban J connectivity index is 1.38. The molecule has 0 radical (unpaired) electrons. The maximum atomic E-state index is 12.6. The molecule has 162 valence electrons. The van der Waals surface area contributed by atoms with Crippen molar-refractivity contribution in [3.63, 3.8) is 0 Å². The van der Waals surface area contributed by atoms with Gasteiger partial charge in [0, 0.05) is 41.2 Å². The first kappa shape index (κ1) is 20.3. The van der Waals surface area contributed by atoms with Gasteiger partial charge in [-0.1, -0.05) is 18.2 Å². The third-order valence-electron chi connectivity index (χ3n) is 6.29. The number of rotatable bonds is 5. The van der Waals surface area contributed by atoms with Crippen molar-refractivity contribution in [2.24, 2.45) is 0 Å². The second-order valence-electron chi connectivity index (χ2n) is 8.42. The first-order valence-corrected chi connectivity index (χ1v) is 10.9. The van der Waals surface area contributed by atoms with Gasteiger partial charge in [-0.2, -0.15) is 0 Å². The van der Waals surface area contributed by atoms with Crippen LogP contribution in [0.5, 0.6) is 0 Å². The highest BCUT2D eigenvalue weighted by atomic mass is 16.3. The predicted molar refractivity (Wildman–Crippen MR) is 124 cm³/mol. The molecule has 1 fully saturated rings. The molecule has 1 unspecified atom stereocenters. The van der Waals surface area contributed by atoms with E-state index in [2.05, 4.69) is 34.6 Å². The molecule has 2 N–H and O–H groups in total. The zero-order chi connectivity index (χ0) is 22.1. The Bertz CT molecular complexity index is 1180. The van der Waals surface area contributed by atoms with E-state index in [0.29, 0.717) is 22.7 Å². The first-order chi connectivity index (χ1) is 15.6. The van der Waals surface area contributed by atoms with Crippen molar-refractivity contribution in [3.05, 3.63) is 83.9 Å². The minimum Gasteiger partial charge on any atom is -0.472 e. The lowest BCUT2D eigenvalue weighted by atomic mass is 9.92. The summed E-state index contributed by atoms with van der Waals surface area (Å²) < 4.78 is 5.17. The van der Waals surface area contributed by atoms with E-state index in [1.54, 1.807) is 24.8 Å². The third kappa shape index (κ3) is 3.97. The summed E-state index contributed by atoms with van der Waals surface area (Å²) in [5.41, 5.74) is 5.42. The van der Waals surface area contributed by atoms with Crippen LogP contribution in [-0.4, -0.2) is 29.3 Å². The number of nitrogens with zero attached hydrogens (tertiary/aromatic N) is 1. The Morgan fingerprint density at radius 1 is 1.06 bits per heavy atom. The zero-order valence-corrected chi connectivity index (χ0v) is 17.9. The van der Waals surface area contributed by atoms with Gasteiger partial charge in [-0.15, -0.1) is 0 Å². The fraction of sp³-hybridized carbons (Fsp3) is 0.231. The molecule has 1 atom stereocenters. The average Bonchev–Trinajstić information content (AvgIpc) is 3.47. The highest BCUT2D eigenvalue weighted by Gasteiger charge is 2.27. The molecule has 6 nitrogen and oxygen atoms in total. The molecule has 3 aromatic rings. The topological polar surface area (TPSA) is 74.6 Å². The molecule has 2 aliphatic rings. The number of benzene rings is 2.